The van der Waals surface area contributed by atoms with Crippen molar-refractivity contribution < 1.29 is 4.42 Å². The van der Waals surface area contributed by atoms with Crippen molar-refractivity contribution in [2.24, 2.45) is 4.99 Å². The number of fused-ring (bicyclic) bond motifs is 1. The molecule has 0 spiro atoms. The molecule has 1 aromatic carbocycles. The van der Waals surface area contributed by atoms with Crippen molar-refractivity contribution in [3.63, 3.8) is 0 Å². The Morgan fingerprint density at radius 2 is 2.27 bits per heavy atom. The van der Waals surface area contributed by atoms with Crippen molar-refractivity contribution in [1.82, 2.24) is 4.98 Å². The largest absolute Gasteiger partial charge is 0.422 e. The van der Waals surface area contributed by atoms with Gasteiger partial charge in [0, 0.05) is 0 Å². The monoisotopic (exact) mass is 220 g/mol. The summed E-state index contributed by atoms with van der Waals surface area (Å²) < 4.78 is 5.51. The van der Waals surface area contributed by atoms with E-state index in [1.54, 1.807) is 11.8 Å². The van der Waals surface area contributed by atoms with Crippen LogP contribution in [0, 0.1) is 6.92 Å². The predicted molar refractivity (Wildman–Crippen MR) is 65.0 cm³/mol. The molecule has 4 heteroatoms. The van der Waals surface area contributed by atoms with Crippen LogP contribution in [0.3, 0.4) is 0 Å². The summed E-state index contributed by atoms with van der Waals surface area (Å²) in [4.78, 5) is 8.52. The van der Waals surface area contributed by atoms with E-state index < -0.39 is 0 Å². The number of aliphatic imine (C=N–C) groups is 1. The average Bonchev–Trinajstić information content (AvgIpc) is 2.59. The summed E-state index contributed by atoms with van der Waals surface area (Å²) in [7, 11) is 0. The highest BCUT2D eigenvalue weighted by molar-refractivity contribution is 8.13. The van der Waals surface area contributed by atoms with Gasteiger partial charge in [-0.2, -0.15) is 9.98 Å². The molecule has 0 saturated carbocycles. The molecule has 78 valence electrons. The first-order chi connectivity index (χ1) is 7.19. The van der Waals surface area contributed by atoms with Crippen LogP contribution >= 0.6 is 11.8 Å². The number of oxazole rings is 1. The van der Waals surface area contributed by atoms with Crippen molar-refractivity contribution >= 4 is 33.9 Å². The molecule has 0 atom stereocenters. The van der Waals surface area contributed by atoms with Crippen molar-refractivity contribution in [3.8, 4) is 0 Å². The highest BCUT2D eigenvalue weighted by Gasteiger charge is 2.04. The van der Waals surface area contributed by atoms with Crippen molar-refractivity contribution in [2.75, 3.05) is 6.26 Å². The molecule has 0 saturated heterocycles. The van der Waals surface area contributed by atoms with E-state index in [-0.39, 0.29) is 0 Å². The maximum absolute atomic E-state index is 5.51. The van der Waals surface area contributed by atoms with Gasteiger partial charge in [0.05, 0.1) is 5.04 Å². The van der Waals surface area contributed by atoms with E-state index in [4.69, 9.17) is 4.42 Å². The third-order valence-corrected chi connectivity index (χ3v) is 2.76. The fourth-order valence-corrected chi connectivity index (χ4v) is 1.42. The van der Waals surface area contributed by atoms with Crippen molar-refractivity contribution in [2.45, 2.75) is 13.8 Å². The fraction of sp³-hybridized carbons (Fsp3) is 0.273. The van der Waals surface area contributed by atoms with Crippen molar-refractivity contribution in [3.05, 3.63) is 23.8 Å². The van der Waals surface area contributed by atoms with E-state index in [0.29, 0.717) is 6.01 Å². The second-order valence-electron chi connectivity index (χ2n) is 3.30. The third kappa shape index (κ3) is 2.21. The minimum absolute atomic E-state index is 0.433. The lowest BCUT2D eigenvalue weighted by molar-refractivity contribution is 0.614. The summed E-state index contributed by atoms with van der Waals surface area (Å²) >= 11 is 1.58. The predicted octanol–water partition coefficient (Wildman–Crippen LogP) is 3.55. The molecule has 2 rings (SSSR count). The molecule has 0 amide bonds. The zero-order valence-electron chi connectivity index (χ0n) is 8.94. The number of hydrogen-bond acceptors (Lipinski definition) is 4. The number of thioether (sulfide) groups is 1. The first-order valence-corrected chi connectivity index (χ1v) is 5.88. The lowest BCUT2D eigenvalue weighted by atomic mass is 10.2. The van der Waals surface area contributed by atoms with Gasteiger partial charge in [-0.3, -0.25) is 0 Å². The zero-order chi connectivity index (χ0) is 10.8. The Labute approximate surface area is 92.6 Å². The first kappa shape index (κ1) is 10.2. The average molecular weight is 220 g/mol. The Hall–Kier alpha value is -1.29. The molecule has 1 heterocycles. The van der Waals surface area contributed by atoms with Crippen LogP contribution < -0.4 is 0 Å². The Balaban J connectivity index is 2.47. The maximum Gasteiger partial charge on any atom is 0.323 e. The molecule has 0 N–H and O–H groups in total. The lowest BCUT2D eigenvalue weighted by Crippen LogP contribution is -1.78. The summed E-state index contributed by atoms with van der Waals surface area (Å²) in [5.74, 6) is 0. The second-order valence-corrected chi connectivity index (χ2v) is 4.30. The molecule has 0 fully saturated rings. The van der Waals surface area contributed by atoms with Crippen LogP contribution in [-0.2, 0) is 0 Å². The molecular weight excluding hydrogens is 208 g/mol. The minimum atomic E-state index is 0.433. The van der Waals surface area contributed by atoms with Crippen LogP contribution in [0.15, 0.2) is 27.6 Å². The summed E-state index contributed by atoms with van der Waals surface area (Å²) in [5.41, 5.74) is 2.81. The van der Waals surface area contributed by atoms with Gasteiger partial charge in [-0.15, -0.1) is 11.8 Å². The highest BCUT2D eigenvalue weighted by Crippen LogP contribution is 2.22. The standard InChI is InChI=1S/C11H12N2OS/c1-7-4-5-9-10(6-7)14-11(13-9)12-8(2)15-3/h4-6H,1-3H3. The molecular formula is C11H12N2OS. The normalized spacial score (nSPS) is 12.3. The number of rotatable bonds is 1. The van der Waals surface area contributed by atoms with Crippen LogP contribution in [0.4, 0.5) is 6.01 Å². The SMILES string of the molecule is CSC(C)=Nc1nc2ccc(C)cc2o1. The molecule has 0 aliphatic heterocycles. The van der Waals surface area contributed by atoms with E-state index in [1.165, 1.54) is 0 Å². The second kappa shape index (κ2) is 4.06. The lowest BCUT2D eigenvalue weighted by Gasteiger charge is -1.89. The topological polar surface area (TPSA) is 38.4 Å². The number of aromatic nitrogens is 1. The van der Waals surface area contributed by atoms with Crippen molar-refractivity contribution in [1.29, 1.82) is 0 Å². The molecule has 3 nitrogen and oxygen atoms in total. The van der Waals surface area contributed by atoms with Gasteiger partial charge in [-0.1, -0.05) is 6.07 Å². The third-order valence-electron chi connectivity index (χ3n) is 2.08. The molecule has 15 heavy (non-hydrogen) atoms. The van der Waals surface area contributed by atoms with Gasteiger partial charge in [-0.25, -0.2) is 0 Å². The van der Waals surface area contributed by atoms with E-state index in [1.807, 2.05) is 38.3 Å². The zero-order valence-corrected chi connectivity index (χ0v) is 9.76. The summed E-state index contributed by atoms with van der Waals surface area (Å²) in [5, 5.41) is 0.943. The van der Waals surface area contributed by atoms with Crippen LogP contribution in [0.1, 0.15) is 12.5 Å². The van der Waals surface area contributed by atoms with Gasteiger partial charge in [0.25, 0.3) is 0 Å². The summed E-state index contributed by atoms with van der Waals surface area (Å²) in [6.45, 7) is 3.96. The molecule has 0 aliphatic rings. The van der Waals surface area contributed by atoms with Gasteiger partial charge >= 0.3 is 6.01 Å². The van der Waals surface area contributed by atoms with Gasteiger partial charge < -0.3 is 4.42 Å². The number of hydrogen-bond donors (Lipinski definition) is 0. The number of aryl methyl sites for hydroxylation is 1. The quantitative estimate of drug-likeness (QED) is 0.545. The van der Waals surface area contributed by atoms with E-state index in [9.17, 15) is 0 Å². The number of nitrogens with zero attached hydrogens (tertiary/aromatic N) is 2. The smallest absolute Gasteiger partial charge is 0.323 e. The van der Waals surface area contributed by atoms with Crippen LogP contribution in [-0.4, -0.2) is 16.3 Å². The van der Waals surface area contributed by atoms with Gasteiger partial charge in [-0.05, 0) is 37.8 Å². The number of benzene rings is 1. The highest BCUT2D eigenvalue weighted by atomic mass is 32.2. The minimum Gasteiger partial charge on any atom is -0.422 e. The molecule has 0 aliphatic carbocycles. The van der Waals surface area contributed by atoms with Crippen LogP contribution in [0.2, 0.25) is 0 Å². The van der Waals surface area contributed by atoms with E-state index in [0.717, 1.165) is 21.7 Å². The molecule has 2 aromatic rings. The summed E-state index contributed by atoms with van der Waals surface area (Å²) in [6.07, 6.45) is 1.98. The molecule has 0 radical (unpaired) electrons. The van der Waals surface area contributed by atoms with Crippen LogP contribution in [0.25, 0.3) is 11.1 Å². The molecule has 0 bridgehead atoms. The molecule has 0 unspecified atom stereocenters. The maximum atomic E-state index is 5.51. The summed E-state index contributed by atoms with van der Waals surface area (Å²) in [6, 6.07) is 6.36. The van der Waals surface area contributed by atoms with Gasteiger partial charge in [0.2, 0.25) is 0 Å². The Morgan fingerprint density at radius 3 is 3.00 bits per heavy atom. The fourth-order valence-electron chi connectivity index (χ4n) is 1.25. The van der Waals surface area contributed by atoms with Gasteiger partial charge in [0.1, 0.15) is 5.52 Å². The molecule has 1 aromatic heterocycles. The Morgan fingerprint density at radius 1 is 1.47 bits per heavy atom. The van der Waals surface area contributed by atoms with E-state index >= 15 is 0 Å². The Kier molecular flexibility index (Phi) is 2.77. The first-order valence-electron chi connectivity index (χ1n) is 4.65. The van der Waals surface area contributed by atoms with Gasteiger partial charge in [0.15, 0.2) is 5.58 Å². The van der Waals surface area contributed by atoms with E-state index in [2.05, 4.69) is 9.98 Å². The van der Waals surface area contributed by atoms with Crippen LogP contribution in [0.5, 0.6) is 0 Å². The Bertz CT molecular complexity index is 516.